The van der Waals surface area contributed by atoms with Crippen LogP contribution in [0.15, 0.2) is 48.5 Å². The molecule has 2 aromatic carbocycles. The summed E-state index contributed by atoms with van der Waals surface area (Å²) >= 11 is 5.75. The summed E-state index contributed by atoms with van der Waals surface area (Å²) in [5.41, 5.74) is 2.85. The van der Waals surface area contributed by atoms with Gasteiger partial charge in [0.2, 0.25) is 0 Å². The molecule has 0 aliphatic carbocycles. The average Bonchev–Trinajstić information content (AvgIpc) is 2.59. The second-order valence-electron chi connectivity index (χ2n) is 5.08. The van der Waals surface area contributed by atoms with E-state index in [0.29, 0.717) is 16.8 Å². The Kier molecular flexibility index (Phi) is 6.24. The Morgan fingerprint density at radius 2 is 1.44 bits per heavy atom. The first-order valence-corrected chi connectivity index (χ1v) is 7.64. The zero-order valence-corrected chi connectivity index (χ0v) is 14.1. The van der Waals surface area contributed by atoms with E-state index in [-0.39, 0.29) is 5.69 Å². The number of alkyl halides is 3. The molecular formula is C16H12ClF3N4O3. The van der Waals surface area contributed by atoms with Crippen LogP contribution in [0.4, 0.5) is 29.3 Å². The number of hydrogen-bond donors (Lipinski definition) is 4. The van der Waals surface area contributed by atoms with Gasteiger partial charge in [-0.1, -0.05) is 23.7 Å². The van der Waals surface area contributed by atoms with Crippen molar-refractivity contribution < 1.29 is 27.6 Å². The fraction of sp³-hybridized carbons (Fsp3) is 0.0625. The monoisotopic (exact) mass is 400 g/mol. The molecule has 4 amide bonds. The molecule has 0 saturated carbocycles. The number of rotatable bonds is 2. The van der Waals surface area contributed by atoms with E-state index in [1.807, 2.05) is 16.2 Å². The van der Waals surface area contributed by atoms with Crippen molar-refractivity contribution in [3.8, 4) is 0 Å². The molecule has 2 rings (SSSR count). The molecule has 4 N–H and O–H groups in total. The SMILES string of the molecule is O=C(NNC(=O)C(=O)Nc1cccc(C(F)(F)F)c1)Nc1cccc(Cl)c1. The zero-order chi connectivity index (χ0) is 20.0. The predicted molar refractivity (Wildman–Crippen MR) is 91.8 cm³/mol. The molecular weight excluding hydrogens is 389 g/mol. The molecule has 0 aliphatic rings. The number of nitrogens with one attached hydrogen (secondary N) is 4. The first kappa shape index (κ1) is 20.0. The lowest BCUT2D eigenvalue weighted by molar-refractivity contribution is -0.137. The van der Waals surface area contributed by atoms with Gasteiger partial charge in [0.1, 0.15) is 0 Å². The third-order valence-electron chi connectivity index (χ3n) is 3.03. The minimum Gasteiger partial charge on any atom is -0.318 e. The molecule has 0 aliphatic heterocycles. The Balaban J connectivity index is 1.87. The molecule has 0 spiro atoms. The number of urea groups is 1. The summed E-state index contributed by atoms with van der Waals surface area (Å²) in [4.78, 5) is 35.0. The largest absolute Gasteiger partial charge is 0.416 e. The Bertz CT molecular complexity index is 874. The third-order valence-corrected chi connectivity index (χ3v) is 3.26. The van der Waals surface area contributed by atoms with Gasteiger partial charge in [-0.3, -0.25) is 15.0 Å². The Morgan fingerprint density at radius 1 is 0.815 bits per heavy atom. The van der Waals surface area contributed by atoms with Crippen molar-refractivity contribution >= 4 is 40.8 Å². The van der Waals surface area contributed by atoms with Gasteiger partial charge in [0, 0.05) is 16.4 Å². The molecule has 0 radical (unpaired) electrons. The van der Waals surface area contributed by atoms with Crippen LogP contribution in [0, 0.1) is 0 Å². The van der Waals surface area contributed by atoms with Gasteiger partial charge < -0.3 is 10.6 Å². The fourth-order valence-corrected chi connectivity index (χ4v) is 2.05. The van der Waals surface area contributed by atoms with Gasteiger partial charge in [-0.15, -0.1) is 0 Å². The predicted octanol–water partition coefficient (Wildman–Crippen LogP) is 3.15. The van der Waals surface area contributed by atoms with E-state index in [4.69, 9.17) is 11.6 Å². The second kappa shape index (κ2) is 8.41. The van der Waals surface area contributed by atoms with Gasteiger partial charge in [0.25, 0.3) is 0 Å². The van der Waals surface area contributed by atoms with E-state index in [9.17, 15) is 27.6 Å². The molecule has 27 heavy (non-hydrogen) atoms. The molecule has 0 saturated heterocycles. The molecule has 0 atom stereocenters. The molecule has 142 valence electrons. The lowest BCUT2D eigenvalue weighted by atomic mass is 10.2. The maximum absolute atomic E-state index is 12.6. The lowest BCUT2D eigenvalue weighted by Gasteiger charge is -2.11. The topological polar surface area (TPSA) is 99.3 Å². The van der Waals surface area contributed by atoms with E-state index in [0.717, 1.165) is 12.1 Å². The number of hydrogen-bond acceptors (Lipinski definition) is 3. The molecule has 0 aromatic heterocycles. The summed E-state index contributed by atoms with van der Waals surface area (Å²) in [5, 5.41) is 4.71. The number of anilines is 2. The van der Waals surface area contributed by atoms with E-state index in [2.05, 4.69) is 5.32 Å². The quantitative estimate of drug-likeness (QED) is 0.460. The van der Waals surface area contributed by atoms with E-state index in [1.54, 1.807) is 12.1 Å². The fourth-order valence-electron chi connectivity index (χ4n) is 1.86. The number of amides is 4. The van der Waals surface area contributed by atoms with Gasteiger partial charge in [-0.25, -0.2) is 10.2 Å². The summed E-state index contributed by atoms with van der Waals surface area (Å²) in [5.74, 6) is -2.55. The van der Waals surface area contributed by atoms with Crippen molar-refractivity contribution in [3.63, 3.8) is 0 Å². The van der Waals surface area contributed by atoms with Gasteiger partial charge in [-0.05, 0) is 36.4 Å². The summed E-state index contributed by atoms with van der Waals surface area (Å²) in [6.45, 7) is 0. The number of carbonyl (C=O) groups is 3. The summed E-state index contributed by atoms with van der Waals surface area (Å²) in [7, 11) is 0. The van der Waals surface area contributed by atoms with Crippen molar-refractivity contribution in [1.29, 1.82) is 0 Å². The highest BCUT2D eigenvalue weighted by Gasteiger charge is 2.30. The molecule has 0 unspecified atom stereocenters. The van der Waals surface area contributed by atoms with Gasteiger partial charge in [0.05, 0.1) is 5.56 Å². The van der Waals surface area contributed by atoms with E-state index < -0.39 is 29.6 Å². The van der Waals surface area contributed by atoms with Crippen LogP contribution in [0.1, 0.15) is 5.56 Å². The highest BCUT2D eigenvalue weighted by molar-refractivity contribution is 6.39. The van der Waals surface area contributed by atoms with Crippen LogP contribution in [0.2, 0.25) is 5.02 Å². The van der Waals surface area contributed by atoms with Crippen LogP contribution < -0.4 is 21.5 Å². The highest BCUT2D eigenvalue weighted by atomic mass is 35.5. The van der Waals surface area contributed by atoms with Crippen molar-refractivity contribution in [2.75, 3.05) is 10.6 Å². The number of hydrazine groups is 1. The van der Waals surface area contributed by atoms with Gasteiger partial charge in [-0.2, -0.15) is 13.2 Å². The standard InChI is InChI=1S/C16H12ClF3N4O3/c17-10-4-2-6-12(8-10)22-15(27)24-23-14(26)13(25)21-11-5-1-3-9(7-11)16(18,19)20/h1-8H,(H,21,25)(H,23,26)(H2,22,24,27). The Hall–Kier alpha value is -3.27. The number of halogens is 4. The summed E-state index contributed by atoms with van der Waals surface area (Å²) in [6.07, 6.45) is -4.59. The maximum atomic E-state index is 12.6. The molecule has 11 heteroatoms. The van der Waals surface area contributed by atoms with Crippen LogP contribution in [0.5, 0.6) is 0 Å². The third kappa shape index (κ3) is 6.19. The molecule has 0 bridgehead atoms. The minimum absolute atomic E-state index is 0.228. The zero-order valence-electron chi connectivity index (χ0n) is 13.4. The van der Waals surface area contributed by atoms with E-state index in [1.165, 1.54) is 18.2 Å². The van der Waals surface area contributed by atoms with Crippen molar-refractivity contribution in [3.05, 3.63) is 59.1 Å². The van der Waals surface area contributed by atoms with Crippen molar-refractivity contribution in [1.82, 2.24) is 10.9 Å². The molecule has 2 aromatic rings. The normalized spacial score (nSPS) is 10.7. The highest BCUT2D eigenvalue weighted by Crippen LogP contribution is 2.30. The molecule has 7 nitrogen and oxygen atoms in total. The smallest absolute Gasteiger partial charge is 0.318 e. The summed E-state index contributed by atoms with van der Waals surface area (Å²) < 4.78 is 37.9. The Morgan fingerprint density at radius 3 is 2.07 bits per heavy atom. The average molecular weight is 401 g/mol. The van der Waals surface area contributed by atoms with Crippen molar-refractivity contribution in [2.45, 2.75) is 6.18 Å². The molecule has 0 heterocycles. The van der Waals surface area contributed by atoms with Crippen LogP contribution in [-0.2, 0) is 15.8 Å². The lowest BCUT2D eigenvalue weighted by Crippen LogP contribution is -2.48. The number of carbonyl (C=O) groups excluding carboxylic acids is 3. The van der Waals surface area contributed by atoms with Gasteiger partial charge >= 0.3 is 24.0 Å². The minimum atomic E-state index is -4.59. The van der Waals surface area contributed by atoms with Crippen LogP contribution in [-0.4, -0.2) is 17.8 Å². The first-order valence-electron chi connectivity index (χ1n) is 7.26. The van der Waals surface area contributed by atoms with E-state index >= 15 is 0 Å². The summed E-state index contributed by atoms with van der Waals surface area (Å²) in [6, 6.07) is 9.03. The van der Waals surface area contributed by atoms with Crippen LogP contribution >= 0.6 is 11.6 Å². The van der Waals surface area contributed by atoms with Crippen molar-refractivity contribution in [2.24, 2.45) is 0 Å². The second-order valence-corrected chi connectivity index (χ2v) is 5.51. The van der Waals surface area contributed by atoms with Crippen LogP contribution in [0.25, 0.3) is 0 Å². The molecule has 0 fully saturated rings. The Labute approximate surface area is 155 Å². The van der Waals surface area contributed by atoms with Crippen LogP contribution in [0.3, 0.4) is 0 Å². The number of benzene rings is 2. The maximum Gasteiger partial charge on any atom is 0.416 e. The first-order chi connectivity index (χ1) is 12.6. The van der Waals surface area contributed by atoms with Gasteiger partial charge in [0.15, 0.2) is 0 Å².